The third-order valence-corrected chi connectivity index (χ3v) is 6.14. The number of ether oxygens (including phenoxy) is 1. The van der Waals surface area contributed by atoms with Gasteiger partial charge in [-0.05, 0) is 71.2 Å². The number of carbonyl (C=O) groups is 2. The van der Waals surface area contributed by atoms with Crippen molar-refractivity contribution in [3.05, 3.63) is 41.6 Å². The van der Waals surface area contributed by atoms with Crippen LogP contribution in [0.4, 0.5) is 22.2 Å². The number of amides is 2. The highest BCUT2D eigenvalue weighted by Gasteiger charge is 2.33. The quantitative estimate of drug-likeness (QED) is 0.427. The van der Waals surface area contributed by atoms with Crippen LogP contribution in [0.1, 0.15) is 65.0 Å². The van der Waals surface area contributed by atoms with Crippen LogP contribution in [0.25, 0.3) is 0 Å². The lowest BCUT2D eigenvalue weighted by atomic mass is 9.80. The van der Waals surface area contributed by atoms with Gasteiger partial charge in [0.25, 0.3) is 0 Å². The standard InChI is InChI=1S/C29H37N7O3/c1-7-14-31-25-22(18-32-27(35-25)34-23-12-9-20(17-30)10-13-23)11-8-21-15-24(16-21)33-26(37)19(2)36(6)28(38)39-29(3,4)5/h9-10,12-13,18-19,21,24H,7,14-16H2,1-6H3,(H,33,37)(H2,31,32,34,35)/t19-,21?,24?/m0/s1. The molecule has 10 nitrogen and oxygen atoms in total. The van der Waals surface area contributed by atoms with Crippen molar-refractivity contribution in [3.63, 3.8) is 0 Å². The Hall–Kier alpha value is -4.31. The number of carbonyl (C=O) groups excluding carboxylic acids is 2. The van der Waals surface area contributed by atoms with Gasteiger partial charge in [-0.2, -0.15) is 10.2 Å². The number of rotatable bonds is 8. The highest BCUT2D eigenvalue weighted by atomic mass is 16.6. The number of nitrogens with one attached hydrogen (secondary N) is 3. The van der Waals surface area contributed by atoms with Crippen molar-refractivity contribution >= 4 is 29.5 Å². The van der Waals surface area contributed by atoms with E-state index in [1.54, 1.807) is 65.2 Å². The topological polar surface area (TPSA) is 132 Å². The van der Waals surface area contributed by atoms with Crippen molar-refractivity contribution in [2.45, 2.75) is 71.6 Å². The molecule has 0 bridgehead atoms. The Morgan fingerprint density at radius 1 is 1.23 bits per heavy atom. The van der Waals surface area contributed by atoms with Gasteiger partial charge in [0.15, 0.2) is 0 Å². The second-order valence-corrected chi connectivity index (χ2v) is 10.6. The summed E-state index contributed by atoms with van der Waals surface area (Å²) in [5.74, 6) is 7.48. The highest BCUT2D eigenvalue weighted by molar-refractivity contribution is 5.85. The third kappa shape index (κ3) is 8.61. The Bertz CT molecular complexity index is 1260. The lowest BCUT2D eigenvalue weighted by Crippen LogP contribution is -2.52. The van der Waals surface area contributed by atoms with Crippen molar-refractivity contribution in [1.29, 1.82) is 5.26 Å². The minimum Gasteiger partial charge on any atom is -0.444 e. The monoisotopic (exact) mass is 531 g/mol. The molecule has 0 spiro atoms. The Morgan fingerprint density at radius 3 is 2.54 bits per heavy atom. The highest BCUT2D eigenvalue weighted by Crippen LogP contribution is 2.27. The average molecular weight is 532 g/mol. The summed E-state index contributed by atoms with van der Waals surface area (Å²) < 4.78 is 5.35. The SMILES string of the molecule is CCCNc1nc(Nc2ccc(C#N)cc2)ncc1C#CC1CC(NC(=O)[C@H](C)N(C)C(=O)OC(C)(C)C)C1. The molecular formula is C29H37N7O3. The van der Waals surface area contributed by atoms with Gasteiger partial charge in [0, 0.05) is 31.2 Å². The lowest BCUT2D eigenvalue weighted by Gasteiger charge is -2.34. The Kier molecular flexibility index (Phi) is 9.73. The first kappa shape index (κ1) is 29.2. The Labute approximate surface area is 230 Å². The molecule has 1 heterocycles. The molecule has 1 saturated carbocycles. The maximum absolute atomic E-state index is 12.6. The van der Waals surface area contributed by atoms with Crippen LogP contribution < -0.4 is 16.0 Å². The molecule has 0 radical (unpaired) electrons. The first-order chi connectivity index (χ1) is 18.5. The van der Waals surface area contributed by atoms with E-state index in [2.05, 4.69) is 50.8 Å². The minimum absolute atomic E-state index is 0.0132. The summed E-state index contributed by atoms with van der Waals surface area (Å²) >= 11 is 0. The number of aromatic nitrogens is 2. The van der Waals surface area contributed by atoms with Crippen LogP contribution in [-0.4, -0.2) is 58.1 Å². The predicted octanol–water partition coefficient (Wildman–Crippen LogP) is 4.42. The predicted molar refractivity (Wildman–Crippen MR) is 150 cm³/mol. The second kappa shape index (κ2) is 13.0. The van der Waals surface area contributed by atoms with Gasteiger partial charge in [0.2, 0.25) is 11.9 Å². The number of likely N-dealkylation sites (N-methyl/N-ethyl adjacent to an activating group) is 1. The molecule has 1 aromatic carbocycles. The third-order valence-electron chi connectivity index (χ3n) is 6.14. The molecule has 3 N–H and O–H groups in total. The molecule has 206 valence electrons. The summed E-state index contributed by atoms with van der Waals surface area (Å²) in [6.45, 7) is 9.86. The number of anilines is 3. The van der Waals surface area contributed by atoms with Crippen LogP contribution in [0.5, 0.6) is 0 Å². The Balaban J connectivity index is 1.56. The van der Waals surface area contributed by atoms with Crippen molar-refractivity contribution in [2.75, 3.05) is 24.2 Å². The number of nitriles is 1. The molecule has 3 rings (SSSR count). The van der Waals surface area contributed by atoms with Gasteiger partial charge in [0.1, 0.15) is 17.5 Å². The summed E-state index contributed by atoms with van der Waals surface area (Å²) in [5, 5.41) is 18.4. The summed E-state index contributed by atoms with van der Waals surface area (Å²) in [6, 6.07) is 8.53. The smallest absolute Gasteiger partial charge is 0.410 e. The molecule has 2 amide bonds. The van der Waals surface area contributed by atoms with Gasteiger partial charge in [-0.25, -0.2) is 9.78 Å². The van der Waals surface area contributed by atoms with Crippen molar-refractivity contribution < 1.29 is 14.3 Å². The van der Waals surface area contributed by atoms with Crippen LogP contribution in [0, 0.1) is 29.1 Å². The zero-order valence-corrected chi connectivity index (χ0v) is 23.5. The fourth-order valence-corrected chi connectivity index (χ4v) is 3.69. The van der Waals surface area contributed by atoms with Crippen molar-refractivity contribution in [2.24, 2.45) is 5.92 Å². The van der Waals surface area contributed by atoms with E-state index in [-0.39, 0.29) is 17.9 Å². The number of nitrogens with zero attached hydrogens (tertiary/aromatic N) is 4. The number of benzene rings is 1. The van der Waals surface area contributed by atoms with Gasteiger partial charge < -0.3 is 20.7 Å². The van der Waals surface area contributed by atoms with Gasteiger partial charge in [0.05, 0.1) is 23.4 Å². The molecule has 10 heteroatoms. The molecule has 1 aromatic heterocycles. The van der Waals surface area contributed by atoms with Crippen LogP contribution >= 0.6 is 0 Å². The number of hydrogen-bond acceptors (Lipinski definition) is 8. The normalized spacial score (nSPS) is 16.8. The Morgan fingerprint density at radius 2 is 1.92 bits per heavy atom. The molecule has 39 heavy (non-hydrogen) atoms. The summed E-state index contributed by atoms with van der Waals surface area (Å²) in [5.41, 5.74) is 1.44. The first-order valence-electron chi connectivity index (χ1n) is 13.1. The van der Waals surface area contributed by atoms with Crippen LogP contribution in [0.15, 0.2) is 30.5 Å². The van der Waals surface area contributed by atoms with E-state index in [9.17, 15) is 9.59 Å². The van der Waals surface area contributed by atoms with Crippen LogP contribution in [0.2, 0.25) is 0 Å². The maximum Gasteiger partial charge on any atom is 0.410 e. The molecule has 0 saturated heterocycles. The van der Waals surface area contributed by atoms with Crippen LogP contribution in [-0.2, 0) is 9.53 Å². The zero-order chi connectivity index (χ0) is 28.6. The molecule has 1 aliphatic carbocycles. The van der Waals surface area contributed by atoms with E-state index >= 15 is 0 Å². The molecule has 1 atom stereocenters. The minimum atomic E-state index is -0.647. The van der Waals surface area contributed by atoms with Gasteiger partial charge in [-0.15, -0.1) is 0 Å². The van der Waals surface area contributed by atoms with E-state index in [0.29, 0.717) is 22.9 Å². The van der Waals surface area contributed by atoms with Crippen LogP contribution in [0.3, 0.4) is 0 Å². The van der Waals surface area contributed by atoms with Gasteiger partial charge >= 0.3 is 6.09 Å². The molecule has 1 fully saturated rings. The number of hydrogen-bond donors (Lipinski definition) is 3. The average Bonchev–Trinajstić information content (AvgIpc) is 2.87. The summed E-state index contributed by atoms with van der Waals surface area (Å²) in [6.07, 6.45) is 3.56. The molecule has 0 unspecified atom stereocenters. The molecular weight excluding hydrogens is 494 g/mol. The van der Waals surface area contributed by atoms with Gasteiger partial charge in [-0.3, -0.25) is 9.69 Å². The zero-order valence-electron chi connectivity index (χ0n) is 23.5. The maximum atomic E-state index is 12.6. The van der Waals surface area contributed by atoms with E-state index < -0.39 is 17.7 Å². The largest absolute Gasteiger partial charge is 0.444 e. The van der Waals surface area contributed by atoms with E-state index in [4.69, 9.17) is 10.00 Å². The fourth-order valence-electron chi connectivity index (χ4n) is 3.69. The fraction of sp³-hybridized carbons (Fsp3) is 0.483. The van der Waals surface area contributed by atoms with Crippen molar-refractivity contribution in [1.82, 2.24) is 20.2 Å². The lowest BCUT2D eigenvalue weighted by molar-refractivity contribution is -0.126. The molecule has 1 aliphatic rings. The first-order valence-corrected chi connectivity index (χ1v) is 13.1. The molecule has 0 aliphatic heterocycles. The van der Waals surface area contributed by atoms with E-state index in [1.165, 1.54) is 4.90 Å². The summed E-state index contributed by atoms with van der Waals surface area (Å²) in [4.78, 5) is 35.2. The van der Waals surface area contributed by atoms with E-state index in [1.807, 2.05) is 0 Å². The second-order valence-electron chi connectivity index (χ2n) is 10.6. The van der Waals surface area contributed by atoms with Crippen molar-refractivity contribution in [3.8, 4) is 17.9 Å². The van der Waals surface area contributed by atoms with E-state index in [0.717, 1.165) is 31.5 Å². The van der Waals surface area contributed by atoms with Gasteiger partial charge in [-0.1, -0.05) is 18.8 Å². The summed E-state index contributed by atoms with van der Waals surface area (Å²) in [7, 11) is 1.56. The molecule has 2 aromatic rings.